The largest absolute Gasteiger partial charge is 0.456 e. The molecule has 0 bridgehead atoms. The van der Waals surface area contributed by atoms with E-state index >= 15 is 0 Å². The summed E-state index contributed by atoms with van der Waals surface area (Å²) in [4.78, 5) is 2.41. The maximum absolute atomic E-state index is 6.31. The lowest BCUT2D eigenvalue weighted by atomic mass is 9.97. The van der Waals surface area contributed by atoms with Crippen LogP contribution < -0.4 is 4.90 Å². The Bertz CT molecular complexity index is 3150. The molecule has 248 valence electrons. The zero-order valence-electron chi connectivity index (χ0n) is 28.7. The van der Waals surface area contributed by atoms with E-state index in [-0.39, 0.29) is 0 Å². The van der Waals surface area contributed by atoms with Crippen LogP contribution in [0.1, 0.15) is 0 Å². The quantitative estimate of drug-likeness (QED) is 0.167. The molecule has 0 atom stereocenters. The fourth-order valence-electron chi connectivity index (χ4n) is 8.07. The molecule has 0 aliphatic carbocycles. The highest BCUT2D eigenvalue weighted by Crippen LogP contribution is 2.48. The van der Waals surface area contributed by atoms with E-state index in [1.165, 1.54) is 69.4 Å². The molecule has 0 unspecified atom stereocenters. The maximum Gasteiger partial charge on any atom is 0.136 e. The van der Waals surface area contributed by atoms with E-state index in [2.05, 4.69) is 187 Å². The average Bonchev–Trinajstić information content (AvgIpc) is 3.81. The molecule has 2 heterocycles. The summed E-state index contributed by atoms with van der Waals surface area (Å²) in [5.74, 6) is 0. The molecule has 2 nitrogen and oxygen atoms in total. The van der Waals surface area contributed by atoms with Gasteiger partial charge in [0.1, 0.15) is 11.2 Å². The molecule has 2 aromatic heterocycles. The van der Waals surface area contributed by atoms with Crippen LogP contribution in [0, 0.1) is 0 Å². The molecule has 0 aliphatic rings. The van der Waals surface area contributed by atoms with Gasteiger partial charge in [-0.1, -0.05) is 133 Å². The van der Waals surface area contributed by atoms with Crippen LogP contribution in [-0.2, 0) is 0 Å². The molecule has 9 aromatic carbocycles. The minimum atomic E-state index is 0.924. The Morgan fingerprint density at radius 3 is 1.74 bits per heavy atom. The first-order valence-corrected chi connectivity index (χ1v) is 18.8. The summed E-state index contributed by atoms with van der Waals surface area (Å²) in [5.41, 5.74) is 10.0. The highest BCUT2D eigenvalue weighted by Gasteiger charge is 2.21. The van der Waals surface area contributed by atoms with Gasteiger partial charge in [0.05, 0.1) is 10.4 Å². The Kier molecular flexibility index (Phi) is 6.76. The molecule has 0 N–H and O–H groups in total. The Labute approximate surface area is 310 Å². The summed E-state index contributed by atoms with van der Waals surface area (Å²) >= 11 is 1.86. The number of hydrogen-bond donors (Lipinski definition) is 0. The van der Waals surface area contributed by atoms with Gasteiger partial charge in [-0.05, 0) is 98.4 Å². The van der Waals surface area contributed by atoms with E-state index in [0.29, 0.717) is 0 Å². The SMILES string of the molecule is c1ccc(-c2ccc(N(c3ccc(-c4ccc5ccc6ccccc6c5c4)cc3)c3cccc4c3sc3c4ccc4oc5ccccc5c43)cc2)cc1. The molecular formula is C50H31NOS. The highest BCUT2D eigenvalue weighted by atomic mass is 32.1. The predicted octanol–water partition coefficient (Wildman–Crippen LogP) is 15.1. The van der Waals surface area contributed by atoms with Crippen molar-refractivity contribution in [2.75, 3.05) is 4.90 Å². The molecule has 11 aromatic rings. The first kappa shape index (κ1) is 30.0. The number of nitrogens with zero attached hydrogens (tertiary/aromatic N) is 1. The minimum Gasteiger partial charge on any atom is -0.456 e. The lowest BCUT2D eigenvalue weighted by Gasteiger charge is -2.26. The Morgan fingerprint density at radius 1 is 0.358 bits per heavy atom. The maximum atomic E-state index is 6.31. The van der Waals surface area contributed by atoms with Gasteiger partial charge < -0.3 is 9.32 Å². The van der Waals surface area contributed by atoms with E-state index in [4.69, 9.17) is 4.42 Å². The zero-order valence-corrected chi connectivity index (χ0v) is 29.5. The molecule has 0 radical (unpaired) electrons. The van der Waals surface area contributed by atoms with E-state index in [1.54, 1.807) is 0 Å². The summed E-state index contributed by atoms with van der Waals surface area (Å²) in [6.07, 6.45) is 0. The fourth-order valence-corrected chi connectivity index (χ4v) is 9.43. The second kappa shape index (κ2) is 11.9. The van der Waals surface area contributed by atoms with Gasteiger partial charge in [-0.15, -0.1) is 11.3 Å². The van der Waals surface area contributed by atoms with Crippen molar-refractivity contribution in [1.82, 2.24) is 0 Å². The summed E-state index contributed by atoms with van der Waals surface area (Å²) in [5, 5.41) is 9.93. The fraction of sp³-hybridized carbons (Fsp3) is 0. The van der Waals surface area contributed by atoms with Gasteiger partial charge in [-0.2, -0.15) is 0 Å². The van der Waals surface area contributed by atoms with Gasteiger partial charge in [-0.25, -0.2) is 0 Å². The van der Waals surface area contributed by atoms with Crippen molar-refractivity contribution in [3.63, 3.8) is 0 Å². The molecule has 0 fully saturated rings. The van der Waals surface area contributed by atoms with Gasteiger partial charge in [0.15, 0.2) is 0 Å². The zero-order chi connectivity index (χ0) is 34.9. The van der Waals surface area contributed by atoms with E-state index in [1.807, 2.05) is 17.4 Å². The summed E-state index contributed by atoms with van der Waals surface area (Å²) < 4.78 is 8.82. The second-order valence-corrected chi connectivity index (χ2v) is 14.7. The molecule has 0 saturated carbocycles. The van der Waals surface area contributed by atoms with Crippen LogP contribution in [0.15, 0.2) is 192 Å². The van der Waals surface area contributed by atoms with Gasteiger partial charge in [0.2, 0.25) is 0 Å². The van der Waals surface area contributed by atoms with Crippen molar-refractivity contribution in [3.05, 3.63) is 188 Å². The Hall–Kier alpha value is -6.68. The first-order chi connectivity index (χ1) is 26.3. The van der Waals surface area contributed by atoms with Crippen molar-refractivity contribution >= 4 is 92.1 Å². The Balaban J connectivity index is 1.08. The molecule has 0 aliphatic heterocycles. The van der Waals surface area contributed by atoms with Crippen molar-refractivity contribution in [3.8, 4) is 22.3 Å². The lowest BCUT2D eigenvalue weighted by Crippen LogP contribution is -2.10. The van der Waals surface area contributed by atoms with Gasteiger partial charge >= 0.3 is 0 Å². The lowest BCUT2D eigenvalue weighted by molar-refractivity contribution is 0.669. The molecule has 53 heavy (non-hydrogen) atoms. The topological polar surface area (TPSA) is 16.4 Å². The predicted molar refractivity (Wildman–Crippen MR) is 227 cm³/mol. The van der Waals surface area contributed by atoms with Crippen LogP contribution in [0.2, 0.25) is 0 Å². The third kappa shape index (κ3) is 4.86. The monoisotopic (exact) mass is 693 g/mol. The number of anilines is 3. The van der Waals surface area contributed by atoms with Crippen molar-refractivity contribution in [2.45, 2.75) is 0 Å². The molecule has 0 saturated heterocycles. The van der Waals surface area contributed by atoms with E-state index in [0.717, 1.165) is 33.6 Å². The van der Waals surface area contributed by atoms with Crippen molar-refractivity contribution < 1.29 is 4.42 Å². The summed E-state index contributed by atoms with van der Waals surface area (Å²) in [7, 11) is 0. The number of thiophene rings is 1. The number of hydrogen-bond acceptors (Lipinski definition) is 3. The van der Waals surface area contributed by atoms with Crippen LogP contribution in [-0.4, -0.2) is 0 Å². The van der Waals surface area contributed by atoms with Crippen molar-refractivity contribution in [1.29, 1.82) is 0 Å². The number of rotatable bonds is 5. The number of fused-ring (bicyclic) bond motifs is 10. The van der Waals surface area contributed by atoms with Gasteiger partial charge in [0.25, 0.3) is 0 Å². The standard InChI is InChI=1S/C50H31NOS/c1-2-9-32(10-3-1)33-21-25-38(26-22-33)51(39-27-23-34(24-28-39)37-20-19-36-18-17-35-11-4-5-12-40(35)44(36)31-37)45-15-8-14-41-42-29-30-47-48(50(42)53-49(41)45)43-13-6-7-16-46(43)52-47/h1-31H. The Morgan fingerprint density at radius 2 is 0.943 bits per heavy atom. The smallest absolute Gasteiger partial charge is 0.136 e. The summed E-state index contributed by atoms with van der Waals surface area (Å²) in [6, 6.07) is 68.0. The van der Waals surface area contributed by atoms with Crippen LogP contribution in [0.5, 0.6) is 0 Å². The van der Waals surface area contributed by atoms with Gasteiger partial charge in [0, 0.05) is 37.6 Å². The number of para-hydroxylation sites is 1. The normalized spacial score (nSPS) is 11.8. The molecule has 0 amide bonds. The number of benzene rings is 9. The second-order valence-electron chi connectivity index (χ2n) is 13.7. The third-order valence-electron chi connectivity index (χ3n) is 10.7. The molecule has 0 spiro atoms. The minimum absolute atomic E-state index is 0.924. The number of furan rings is 1. The summed E-state index contributed by atoms with van der Waals surface area (Å²) in [6.45, 7) is 0. The van der Waals surface area contributed by atoms with Gasteiger partial charge in [-0.3, -0.25) is 0 Å². The van der Waals surface area contributed by atoms with E-state index < -0.39 is 0 Å². The van der Waals surface area contributed by atoms with Crippen molar-refractivity contribution in [2.24, 2.45) is 0 Å². The molecule has 3 heteroatoms. The van der Waals surface area contributed by atoms with Crippen LogP contribution in [0.25, 0.3) is 85.9 Å². The van der Waals surface area contributed by atoms with Crippen LogP contribution in [0.3, 0.4) is 0 Å². The average molecular weight is 694 g/mol. The first-order valence-electron chi connectivity index (χ1n) is 18.0. The van der Waals surface area contributed by atoms with Crippen LogP contribution in [0.4, 0.5) is 17.1 Å². The van der Waals surface area contributed by atoms with E-state index in [9.17, 15) is 0 Å². The molecular weight excluding hydrogens is 663 g/mol. The molecule has 11 rings (SSSR count). The highest BCUT2D eigenvalue weighted by molar-refractivity contribution is 7.27. The third-order valence-corrected chi connectivity index (χ3v) is 11.9. The van der Waals surface area contributed by atoms with Crippen LogP contribution >= 0.6 is 11.3 Å².